The van der Waals surface area contributed by atoms with Crippen LogP contribution in [0.2, 0.25) is 0 Å². The molecule has 4 amide bonds. The van der Waals surface area contributed by atoms with Crippen LogP contribution in [0.4, 0.5) is 0 Å². The van der Waals surface area contributed by atoms with Gasteiger partial charge in [0, 0.05) is 57.8 Å². The molecule has 6 rings (SSSR count). The molecule has 4 aliphatic rings. The molecular formula is C32H42N6O5. The van der Waals surface area contributed by atoms with Crippen LogP contribution in [0.1, 0.15) is 54.9 Å². The number of carbonyl (C=O) groups excluding carboxylic acids is 4. The van der Waals surface area contributed by atoms with Crippen molar-refractivity contribution < 1.29 is 23.9 Å². The predicted octanol–water partition coefficient (Wildman–Crippen LogP) is 1.83. The summed E-state index contributed by atoms with van der Waals surface area (Å²) in [5, 5.41) is 9.98. The highest BCUT2D eigenvalue weighted by atomic mass is 16.5. The van der Waals surface area contributed by atoms with E-state index in [4.69, 9.17) is 4.74 Å². The van der Waals surface area contributed by atoms with Crippen LogP contribution in [0.3, 0.4) is 0 Å². The van der Waals surface area contributed by atoms with E-state index in [1.807, 2.05) is 39.9 Å². The minimum atomic E-state index is -0.920. The zero-order chi connectivity index (χ0) is 30.1. The zero-order valence-electron chi connectivity index (χ0n) is 25.0. The highest BCUT2D eigenvalue weighted by Crippen LogP contribution is 2.46. The van der Waals surface area contributed by atoms with E-state index in [2.05, 4.69) is 15.7 Å². The highest BCUT2D eigenvalue weighted by Gasteiger charge is 2.59. The average molecular weight is 591 g/mol. The minimum absolute atomic E-state index is 0.115. The van der Waals surface area contributed by atoms with Crippen molar-refractivity contribution >= 4 is 23.6 Å². The van der Waals surface area contributed by atoms with Gasteiger partial charge in [-0.2, -0.15) is 5.10 Å². The minimum Gasteiger partial charge on any atom is -0.371 e. The molecule has 11 heteroatoms. The maximum Gasteiger partial charge on any atom is 0.257 e. The van der Waals surface area contributed by atoms with Gasteiger partial charge in [-0.1, -0.05) is 30.3 Å². The Bertz CT molecular complexity index is 1350. The molecule has 2 N–H and O–H groups in total. The van der Waals surface area contributed by atoms with Crippen molar-refractivity contribution in [1.82, 2.24) is 30.2 Å². The topological polar surface area (TPSA) is 126 Å². The Morgan fingerprint density at radius 3 is 2.40 bits per heavy atom. The molecule has 1 aromatic heterocycles. The third-order valence-electron chi connectivity index (χ3n) is 9.45. The molecule has 1 aromatic carbocycles. The summed E-state index contributed by atoms with van der Waals surface area (Å²) in [6.07, 6.45) is 7.91. The van der Waals surface area contributed by atoms with Gasteiger partial charge in [-0.25, -0.2) is 0 Å². The predicted molar refractivity (Wildman–Crippen MR) is 157 cm³/mol. The Morgan fingerprint density at radius 2 is 1.72 bits per heavy atom. The number of aromatic nitrogens is 2. The van der Waals surface area contributed by atoms with E-state index in [0.717, 1.165) is 24.9 Å². The average Bonchev–Trinajstić information content (AvgIpc) is 3.90. The van der Waals surface area contributed by atoms with Crippen molar-refractivity contribution in [2.24, 2.45) is 23.2 Å². The normalized spacial score (nSPS) is 22.1. The number of likely N-dealkylation sites (N-methyl/N-ethyl adjacent to an activating group) is 1. The molecule has 0 bridgehead atoms. The molecule has 3 heterocycles. The summed E-state index contributed by atoms with van der Waals surface area (Å²) in [4.78, 5) is 56.9. The monoisotopic (exact) mass is 590 g/mol. The fourth-order valence-electron chi connectivity index (χ4n) is 6.42. The molecule has 2 aliphatic carbocycles. The van der Waals surface area contributed by atoms with Crippen LogP contribution < -0.4 is 10.6 Å². The van der Waals surface area contributed by atoms with Crippen molar-refractivity contribution in [3.8, 4) is 0 Å². The molecule has 43 heavy (non-hydrogen) atoms. The largest absolute Gasteiger partial charge is 0.371 e. The lowest BCUT2D eigenvalue weighted by Crippen LogP contribution is -2.65. The fraction of sp³-hybridized carbons (Fsp3) is 0.594. The molecule has 11 nitrogen and oxygen atoms in total. The lowest BCUT2D eigenvalue weighted by atomic mass is 9.71. The summed E-state index contributed by atoms with van der Waals surface area (Å²) >= 11 is 0. The standard InChI is InChI=1S/C32H42N6O5/c1-21(43-17-24-6-4-3-5-7-24)28(30(41)33-2)35-29(40)26-16-36(31(42)25-13-34-38(15-25)14-23-10-11-23)18-32(26)19-37(20-32)27(39)12-22-8-9-22/h3-7,13,15,21-23,26,28H,8-12,14,16-20H2,1-2H3,(H,33,41)(H,35,40)/t21-,26+,28+/m1/s1. The molecule has 1 spiro atoms. The lowest BCUT2D eigenvalue weighted by Gasteiger charge is -2.50. The summed E-state index contributed by atoms with van der Waals surface area (Å²) in [5.74, 6) is -0.178. The highest BCUT2D eigenvalue weighted by molar-refractivity contribution is 5.95. The Kier molecular flexibility index (Phi) is 8.26. The second-order valence-corrected chi connectivity index (χ2v) is 13.0. The number of benzene rings is 1. The number of ether oxygens (including phenoxy) is 1. The van der Waals surface area contributed by atoms with Gasteiger partial charge >= 0.3 is 0 Å². The third kappa shape index (κ3) is 6.61. The number of likely N-dealkylation sites (tertiary alicyclic amines) is 2. The third-order valence-corrected chi connectivity index (χ3v) is 9.45. The summed E-state index contributed by atoms with van der Waals surface area (Å²) in [7, 11) is 1.53. The van der Waals surface area contributed by atoms with Crippen molar-refractivity contribution in [1.29, 1.82) is 0 Å². The molecule has 2 aliphatic heterocycles. The van der Waals surface area contributed by atoms with Gasteiger partial charge in [-0.05, 0) is 50.0 Å². The van der Waals surface area contributed by atoms with Gasteiger partial charge in [0.25, 0.3) is 5.91 Å². The molecule has 0 unspecified atom stereocenters. The maximum atomic E-state index is 14.0. The first-order valence-electron chi connectivity index (χ1n) is 15.5. The zero-order valence-corrected chi connectivity index (χ0v) is 25.0. The second-order valence-electron chi connectivity index (χ2n) is 13.0. The van der Waals surface area contributed by atoms with Crippen molar-refractivity contribution in [2.45, 2.75) is 64.3 Å². The molecule has 0 radical (unpaired) electrons. The Labute approximate surface area is 252 Å². The van der Waals surface area contributed by atoms with E-state index >= 15 is 0 Å². The summed E-state index contributed by atoms with van der Waals surface area (Å²) in [6.45, 7) is 4.31. The molecule has 3 atom stereocenters. The van der Waals surface area contributed by atoms with Crippen molar-refractivity contribution in [2.75, 3.05) is 33.2 Å². The molecular weight excluding hydrogens is 548 g/mol. The van der Waals surface area contributed by atoms with Gasteiger partial charge in [0.2, 0.25) is 17.7 Å². The van der Waals surface area contributed by atoms with Crippen molar-refractivity contribution in [3.63, 3.8) is 0 Å². The van der Waals surface area contributed by atoms with E-state index in [-0.39, 0.29) is 30.2 Å². The van der Waals surface area contributed by atoms with Crippen LogP contribution in [0.15, 0.2) is 42.7 Å². The first-order chi connectivity index (χ1) is 20.7. The van der Waals surface area contributed by atoms with Crippen molar-refractivity contribution in [3.05, 3.63) is 53.9 Å². The fourth-order valence-corrected chi connectivity index (χ4v) is 6.42. The van der Waals surface area contributed by atoms with Gasteiger partial charge in [0.15, 0.2) is 0 Å². The quantitative estimate of drug-likeness (QED) is 0.389. The smallest absolute Gasteiger partial charge is 0.257 e. The second kappa shape index (κ2) is 12.1. The number of amides is 4. The van der Waals surface area contributed by atoms with Crippen LogP contribution in [0.25, 0.3) is 0 Å². The molecule has 4 fully saturated rings. The van der Waals surface area contributed by atoms with E-state index in [9.17, 15) is 19.2 Å². The number of nitrogens with one attached hydrogen (secondary N) is 2. The number of rotatable bonds is 12. The van der Waals surface area contributed by atoms with Crippen LogP contribution >= 0.6 is 0 Å². The van der Waals surface area contributed by atoms with E-state index in [1.165, 1.54) is 19.9 Å². The lowest BCUT2D eigenvalue weighted by molar-refractivity contribution is -0.151. The Morgan fingerprint density at radius 1 is 1.02 bits per heavy atom. The van der Waals surface area contributed by atoms with Gasteiger partial charge < -0.3 is 25.2 Å². The molecule has 2 aromatic rings. The first-order valence-corrected chi connectivity index (χ1v) is 15.5. The summed E-state index contributed by atoms with van der Waals surface area (Å²) in [6, 6.07) is 8.73. The molecule has 230 valence electrons. The van der Waals surface area contributed by atoms with E-state index in [1.54, 1.807) is 24.2 Å². The molecule has 2 saturated carbocycles. The van der Waals surface area contributed by atoms with Crippen LogP contribution in [-0.2, 0) is 32.3 Å². The van der Waals surface area contributed by atoms with E-state index in [0.29, 0.717) is 50.1 Å². The maximum absolute atomic E-state index is 14.0. The SMILES string of the molecule is CNC(=O)[C@@H](NC(=O)[C@@H]1CN(C(=O)c2cnn(CC3CC3)c2)CC12CN(C(=O)CC1CC1)C2)[C@@H](C)OCc1ccccc1. The van der Waals surface area contributed by atoms with Crippen LogP contribution in [0, 0.1) is 23.2 Å². The van der Waals surface area contributed by atoms with Crippen LogP contribution in [-0.4, -0.2) is 88.6 Å². The van der Waals surface area contributed by atoms with Gasteiger partial charge in [-0.15, -0.1) is 0 Å². The summed E-state index contributed by atoms with van der Waals surface area (Å²) < 4.78 is 7.84. The number of hydrogen-bond acceptors (Lipinski definition) is 6. The van der Waals surface area contributed by atoms with Crippen LogP contribution in [0.5, 0.6) is 0 Å². The summed E-state index contributed by atoms with van der Waals surface area (Å²) in [5.41, 5.74) is 0.903. The van der Waals surface area contributed by atoms with Gasteiger partial charge in [0.05, 0.1) is 30.4 Å². The molecule has 2 saturated heterocycles. The number of hydrogen-bond donors (Lipinski definition) is 2. The van der Waals surface area contributed by atoms with E-state index < -0.39 is 23.5 Å². The number of nitrogens with zero attached hydrogens (tertiary/aromatic N) is 4. The Balaban J connectivity index is 1.16. The first kappa shape index (κ1) is 29.3. The number of carbonyl (C=O) groups is 4. The Hall–Kier alpha value is -3.73. The van der Waals surface area contributed by atoms with Gasteiger partial charge in [0.1, 0.15) is 6.04 Å². The van der Waals surface area contributed by atoms with Gasteiger partial charge in [-0.3, -0.25) is 23.9 Å².